The minimum Gasteiger partial charge on any atom is -0.331 e. The lowest BCUT2D eigenvalue weighted by atomic mass is 10.0. The third-order valence-electron chi connectivity index (χ3n) is 4.75. The first-order valence-electron chi connectivity index (χ1n) is 8.71. The zero-order valence-electron chi connectivity index (χ0n) is 14.9. The number of rotatable bonds is 2. The number of hydrogen-bond acceptors (Lipinski definition) is 2. The number of amides is 2. The second-order valence-corrected chi connectivity index (χ2v) is 7.33. The van der Waals surface area contributed by atoms with Crippen molar-refractivity contribution in [1.29, 1.82) is 0 Å². The number of fused-ring (bicyclic) bond motifs is 1. The Kier molecular flexibility index (Phi) is 5.79. The van der Waals surface area contributed by atoms with Gasteiger partial charge < -0.3 is 10.6 Å². The highest BCUT2D eigenvalue weighted by atomic mass is 35.5. The van der Waals surface area contributed by atoms with Crippen molar-refractivity contribution in [1.82, 2.24) is 10.3 Å². The SMILES string of the molecule is C[C@H]1CC[C@@H](NC(=O)Nc2cc(Cl)c(C(F)(F)F)cc2F)c2ccncc2C1. The first-order chi connectivity index (χ1) is 13.1. The molecule has 0 bridgehead atoms. The van der Waals surface area contributed by atoms with Gasteiger partial charge in [-0.1, -0.05) is 18.5 Å². The standard InChI is InChI=1S/C19H18ClF4N3O/c1-10-2-3-16(12-4-5-25-9-11(12)6-10)26-18(28)27-17-8-14(20)13(7-15(17)21)19(22,23)24/h4-5,7-10,16H,2-3,6H2,1H3,(H2,26,27,28)/t10-,16+/m0/s1. The second kappa shape index (κ2) is 7.95. The van der Waals surface area contributed by atoms with E-state index in [0.717, 1.165) is 30.0 Å². The molecule has 1 aromatic heterocycles. The third kappa shape index (κ3) is 4.55. The number of nitrogens with zero attached hydrogens (tertiary/aromatic N) is 1. The molecule has 3 rings (SSSR count). The van der Waals surface area contributed by atoms with E-state index in [-0.39, 0.29) is 12.1 Å². The molecule has 0 saturated heterocycles. The van der Waals surface area contributed by atoms with Crippen molar-refractivity contribution in [3.8, 4) is 0 Å². The molecule has 0 spiro atoms. The quantitative estimate of drug-likeness (QED) is 0.486. The van der Waals surface area contributed by atoms with Gasteiger partial charge in [-0.2, -0.15) is 13.2 Å². The fourth-order valence-corrected chi connectivity index (χ4v) is 3.63. The summed E-state index contributed by atoms with van der Waals surface area (Å²) in [6.07, 6.45) is 1.01. The number of pyridine rings is 1. The summed E-state index contributed by atoms with van der Waals surface area (Å²) in [7, 11) is 0. The normalized spacial score (nSPS) is 19.5. The molecule has 2 N–H and O–H groups in total. The summed E-state index contributed by atoms with van der Waals surface area (Å²) in [5.41, 5.74) is 0.242. The van der Waals surface area contributed by atoms with Crippen LogP contribution in [0.3, 0.4) is 0 Å². The number of halogens is 5. The predicted molar refractivity (Wildman–Crippen MR) is 97.6 cm³/mol. The molecule has 1 aliphatic carbocycles. The molecular formula is C19H18ClF4N3O. The van der Waals surface area contributed by atoms with E-state index in [2.05, 4.69) is 22.5 Å². The van der Waals surface area contributed by atoms with Gasteiger partial charge in [0.05, 0.1) is 22.3 Å². The Balaban J connectivity index is 1.77. The second-order valence-electron chi connectivity index (χ2n) is 6.92. The minimum atomic E-state index is -4.78. The van der Waals surface area contributed by atoms with Crippen LogP contribution in [0, 0.1) is 11.7 Å². The summed E-state index contributed by atoms with van der Waals surface area (Å²) in [4.78, 5) is 16.5. The minimum absolute atomic E-state index is 0.270. The third-order valence-corrected chi connectivity index (χ3v) is 5.06. The monoisotopic (exact) mass is 415 g/mol. The van der Waals surface area contributed by atoms with Gasteiger partial charge in [-0.15, -0.1) is 0 Å². The highest BCUT2D eigenvalue weighted by Crippen LogP contribution is 2.37. The van der Waals surface area contributed by atoms with E-state index >= 15 is 0 Å². The molecular weight excluding hydrogens is 398 g/mol. The Morgan fingerprint density at radius 2 is 2.04 bits per heavy atom. The summed E-state index contributed by atoms with van der Waals surface area (Å²) >= 11 is 5.60. The number of alkyl halides is 3. The maximum absolute atomic E-state index is 14.0. The number of nitrogens with one attached hydrogen (secondary N) is 2. The molecule has 0 unspecified atom stereocenters. The molecule has 0 radical (unpaired) electrons. The van der Waals surface area contributed by atoms with Gasteiger partial charge in [0, 0.05) is 12.4 Å². The van der Waals surface area contributed by atoms with Crippen molar-refractivity contribution in [2.45, 2.75) is 38.4 Å². The van der Waals surface area contributed by atoms with Gasteiger partial charge in [0.2, 0.25) is 0 Å². The van der Waals surface area contributed by atoms with Crippen LogP contribution in [0.25, 0.3) is 0 Å². The van der Waals surface area contributed by atoms with Crippen molar-refractivity contribution in [2.75, 3.05) is 5.32 Å². The van der Waals surface area contributed by atoms with Gasteiger partial charge in [-0.05, 0) is 54.5 Å². The maximum atomic E-state index is 14.0. The maximum Gasteiger partial charge on any atom is 0.417 e. The lowest BCUT2D eigenvalue weighted by Gasteiger charge is -2.20. The summed E-state index contributed by atoms with van der Waals surface area (Å²) in [6.45, 7) is 2.11. The van der Waals surface area contributed by atoms with Crippen LogP contribution >= 0.6 is 11.6 Å². The number of carbonyl (C=O) groups is 1. The lowest BCUT2D eigenvalue weighted by Crippen LogP contribution is -2.33. The molecule has 1 aliphatic rings. The molecule has 28 heavy (non-hydrogen) atoms. The molecule has 2 atom stereocenters. The smallest absolute Gasteiger partial charge is 0.331 e. The molecule has 2 aromatic rings. The Bertz CT molecular complexity index is 888. The van der Waals surface area contributed by atoms with E-state index in [9.17, 15) is 22.4 Å². The van der Waals surface area contributed by atoms with Crippen molar-refractivity contribution in [3.05, 3.63) is 58.1 Å². The zero-order valence-corrected chi connectivity index (χ0v) is 15.7. The van der Waals surface area contributed by atoms with Crippen molar-refractivity contribution in [2.24, 2.45) is 5.92 Å². The van der Waals surface area contributed by atoms with Gasteiger partial charge >= 0.3 is 12.2 Å². The number of carbonyl (C=O) groups excluding carboxylic acids is 1. The van der Waals surface area contributed by atoms with Crippen molar-refractivity contribution in [3.63, 3.8) is 0 Å². The Morgan fingerprint density at radius 3 is 2.75 bits per heavy atom. The van der Waals surface area contributed by atoms with Crippen LogP contribution in [0.1, 0.15) is 42.5 Å². The average molecular weight is 416 g/mol. The predicted octanol–water partition coefficient (Wildman–Crippen LogP) is 5.73. The molecule has 150 valence electrons. The number of urea groups is 1. The Labute approximate surface area is 164 Å². The Hall–Kier alpha value is -2.35. The number of benzene rings is 1. The topological polar surface area (TPSA) is 54.0 Å². The lowest BCUT2D eigenvalue weighted by molar-refractivity contribution is -0.137. The van der Waals surface area contributed by atoms with Gasteiger partial charge in [0.1, 0.15) is 5.82 Å². The highest BCUT2D eigenvalue weighted by Gasteiger charge is 2.34. The zero-order chi connectivity index (χ0) is 20.5. The molecule has 0 fully saturated rings. The van der Waals surface area contributed by atoms with E-state index in [0.29, 0.717) is 12.3 Å². The fourth-order valence-electron chi connectivity index (χ4n) is 3.36. The van der Waals surface area contributed by atoms with E-state index < -0.39 is 34.3 Å². The first kappa shape index (κ1) is 20.4. The van der Waals surface area contributed by atoms with E-state index in [4.69, 9.17) is 11.6 Å². The van der Waals surface area contributed by atoms with Crippen LogP contribution < -0.4 is 10.6 Å². The van der Waals surface area contributed by atoms with Crippen LogP contribution in [0.4, 0.5) is 28.0 Å². The van der Waals surface area contributed by atoms with Crippen molar-refractivity contribution >= 4 is 23.3 Å². The molecule has 1 heterocycles. The van der Waals surface area contributed by atoms with Crippen LogP contribution in [-0.4, -0.2) is 11.0 Å². The summed E-state index contributed by atoms with van der Waals surface area (Å²) in [5, 5.41) is 4.32. The van der Waals surface area contributed by atoms with E-state index in [1.54, 1.807) is 12.4 Å². The molecule has 0 saturated carbocycles. The number of hydrogen-bond donors (Lipinski definition) is 2. The number of aromatic nitrogens is 1. The summed E-state index contributed by atoms with van der Waals surface area (Å²) < 4.78 is 52.4. The van der Waals surface area contributed by atoms with Crippen molar-refractivity contribution < 1.29 is 22.4 Å². The van der Waals surface area contributed by atoms with E-state index in [1.807, 2.05) is 6.07 Å². The van der Waals surface area contributed by atoms with E-state index in [1.165, 1.54) is 0 Å². The highest BCUT2D eigenvalue weighted by molar-refractivity contribution is 6.31. The van der Waals surface area contributed by atoms with Gasteiger partial charge in [0.15, 0.2) is 0 Å². The van der Waals surface area contributed by atoms with Gasteiger partial charge in [-0.3, -0.25) is 4.98 Å². The molecule has 4 nitrogen and oxygen atoms in total. The first-order valence-corrected chi connectivity index (χ1v) is 9.09. The Morgan fingerprint density at radius 1 is 1.29 bits per heavy atom. The largest absolute Gasteiger partial charge is 0.417 e. The summed E-state index contributed by atoms with van der Waals surface area (Å²) in [6, 6.07) is 1.82. The average Bonchev–Trinajstić information content (AvgIpc) is 2.76. The van der Waals surface area contributed by atoms with Crippen LogP contribution in [0.2, 0.25) is 5.02 Å². The van der Waals surface area contributed by atoms with Gasteiger partial charge in [0.25, 0.3) is 0 Å². The molecule has 2 amide bonds. The van der Waals surface area contributed by atoms with Gasteiger partial charge in [-0.25, -0.2) is 9.18 Å². The van der Waals surface area contributed by atoms with Crippen LogP contribution in [-0.2, 0) is 12.6 Å². The van der Waals surface area contributed by atoms with Crippen LogP contribution in [0.5, 0.6) is 0 Å². The fraction of sp³-hybridized carbons (Fsp3) is 0.368. The summed E-state index contributed by atoms with van der Waals surface area (Å²) in [5.74, 6) is -0.796. The molecule has 9 heteroatoms. The number of anilines is 1. The molecule has 0 aliphatic heterocycles. The van der Waals surface area contributed by atoms with Crippen LogP contribution in [0.15, 0.2) is 30.6 Å². The molecule has 1 aromatic carbocycles.